The van der Waals surface area contributed by atoms with E-state index in [2.05, 4.69) is 4.72 Å². The van der Waals surface area contributed by atoms with Gasteiger partial charge in [0.15, 0.2) is 0 Å². The van der Waals surface area contributed by atoms with Gasteiger partial charge < -0.3 is 9.84 Å². The van der Waals surface area contributed by atoms with Gasteiger partial charge in [0.1, 0.15) is 0 Å². The van der Waals surface area contributed by atoms with E-state index in [4.69, 9.17) is 4.74 Å². The summed E-state index contributed by atoms with van der Waals surface area (Å²) in [6, 6.07) is 0. The van der Waals surface area contributed by atoms with Crippen molar-refractivity contribution < 1.29 is 23.1 Å². The van der Waals surface area contributed by atoms with Crippen LogP contribution in [0.1, 0.15) is 33.6 Å². The van der Waals surface area contributed by atoms with E-state index in [1.54, 1.807) is 6.92 Å². The minimum absolute atomic E-state index is 0.0735. The third kappa shape index (κ3) is 5.35. The van der Waals surface area contributed by atoms with Crippen molar-refractivity contribution in [2.24, 2.45) is 5.92 Å². The average molecular weight is 308 g/mol. The number of hydrogen-bond donors (Lipinski definition) is 2. The number of hydrogen-bond acceptors (Lipinski definition) is 5. The van der Waals surface area contributed by atoms with Gasteiger partial charge in [-0.25, -0.2) is 0 Å². The van der Waals surface area contributed by atoms with Gasteiger partial charge in [-0.1, -0.05) is 0 Å². The highest BCUT2D eigenvalue weighted by molar-refractivity contribution is 7.87. The second kappa shape index (κ2) is 6.84. The molecule has 0 aromatic heterocycles. The van der Waals surface area contributed by atoms with Gasteiger partial charge in [-0.2, -0.15) is 17.4 Å². The third-order valence-corrected chi connectivity index (χ3v) is 4.55. The maximum absolute atomic E-state index is 12.1. The molecule has 0 saturated carbocycles. The second-order valence-electron chi connectivity index (χ2n) is 5.59. The molecule has 0 radical (unpaired) electrons. The molecule has 0 aromatic rings. The number of nitrogens with one attached hydrogen (secondary N) is 1. The molecule has 0 spiro atoms. The quantitative estimate of drug-likeness (QED) is 0.666. The van der Waals surface area contributed by atoms with Crippen LogP contribution in [-0.2, 0) is 19.7 Å². The van der Waals surface area contributed by atoms with Crippen LogP contribution in [0.3, 0.4) is 0 Å². The van der Waals surface area contributed by atoms with Crippen molar-refractivity contribution in [3.05, 3.63) is 0 Å². The van der Waals surface area contributed by atoms with Gasteiger partial charge in [0.2, 0.25) is 0 Å². The van der Waals surface area contributed by atoms with Gasteiger partial charge in [0, 0.05) is 19.6 Å². The first kappa shape index (κ1) is 17.4. The van der Waals surface area contributed by atoms with Crippen molar-refractivity contribution in [3.8, 4) is 0 Å². The topological polar surface area (TPSA) is 95.9 Å². The molecule has 1 atom stereocenters. The zero-order valence-corrected chi connectivity index (χ0v) is 13.1. The van der Waals surface area contributed by atoms with Crippen molar-refractivity contribution in [1.82, 2.24) is 9.03 Å². The van der Waals surface area contributed by atoms with E-state index >= 15 is 0 Å². The van der Waals surface area contributed by atoms with E-state index in [1.807, 2.05) is 0 Å². The zero-order chi connectivity index (χ0) is 15.4. The Bertz CT molecular complexity index is 430. The maximum atomic E-state index is 12.1. The van der Waals surface area contributed by atoms with Crippen LogP contribution in [0.2, 0.25) is 0 Å². The Morgan fingerprint density at radius 1 is 1.50 bits per heavy atom. The largest absolute Gasteiger partial charge is 0.466 e. The molecule has 20 heavy (non-hydrogen) atoms. The SMILES string of the molecule is CCOC(=O)C1CCCN(S(=O)(=O)NCC(C)(C)O)C1. The molecule has 1 aliphatic heterocycles. The van der Waals surface area contributed by atoms with Crippen LogP contribution in [0.4, 0.5) is 0 Å². The summed E-state index contributed by atoms with van der Waals surface area (Å²) >= 11 is 0. The van der Waals surface area contributed by atoms with Crippen LogP contribution in [0.15, 0.2) is 0 Å². The lowest BCUT2D eigenvalue weighted by atomic mass is 10.0. The Balaban J connectivity index is 2.63. The fraction of sp³-hybridized carbons (Fsp3) is 0.917. The molecular formula is C12H24N2O5S. The summed E-state index contributed by atoms with van der Waals surface area (Å²) in [5, 5.41) is 9.57. The average Bonchev–Trinajstić information content (AvgIpc) is 2.36. The lowest BCUT2D eigenvalue weighted by molar-refractivity contribution is -0.149. The predicted molar refractivity (Wildman–Crippen MR) is 74.2 cm³/mol. The second-order valence-corrected chi connectivity index (χ2v) is 7.34. The Kier molecular flexibility index (Phi) is 5.93. The third-order valence-electron chi connectivity index (χ3n) is 3.03. The summed E-state index contributed by atoms with van der Waals surface area (Å²) in [7, 11) is -3.68. The predicted octanol–water partition coefficient (Wildman–Crippen LogP) is -0.133. The fourth-order valence-electron chi connectivity index (χ4n) is 1.97. The molecule has 1 unspecified atom stereocenters. The van der Waals surface area contributed by atoms with Crippen molar-refractivity contribution in [3.63, 3.8) is 0 Å². The van der Waals surface area contributed by atoms with Gasteiger partial charge in [-0.3, -0.25) is 4.79 Å². The summed E-state index contributed by atoms with van der Waals surface area (Å²) in [6.07, 6.45) is 1.25. The number of esters is 1. The summed E-state index contributed by atoms with van der Waals surface area (Å²) in [5.41, 5.74) is -1.12. The molecule has 1 rings (SSSR count). The molecular weight excluding hydrogens is 284 g/mol. The van der Waals surface area contributed by atoms with Crippen molar-refractivity contribution in [2.45, 2.75) is 39.2 Å². The smallest absolute Gasteiger partial charge is 0.310 e. The molecule has 0 amide bonds. The molecule has 1 fully saturated rings. The Labute approximate surface area is 120 Å². The Hall–Kier alpha value is -0.700. The minimum atomic E-state index is -3.68. The lowest BCUT2D eigenvalue weighted by Crippen LogP contribution is -2.50. The van der Waals surface area contributed by atoms with E-state index in [0.29, 0.717) is 26.0 Å². The normalized spacial score (nSPS) is 21.7. The number of nitrogens with zero attached hydrogens (tertiary/aromatic N) is 1. The highest BCUT2D eigenvalue weighted by Gasteiger charge is 2.33. The minimum Gasteiger partial charge on any atom is -0.466 e. The van der Waals surface area contributed by atoms with Crippen LogP contribution in [-0.4, -0.2) is 55.6 Å². The number of ether oxygens (including phenoxy) is 1. The zero-order valence-electron chi connectivity index (χ0n) is 12.3. The van der Waals surface area contributed by atoms with E-state index in [1.165, 1.54) is 18.2 Å². The van der Waals surface area contributed by atoms with Crippen molar-refractivity contribution >= 4 is 16.2 Å². The number of carbonyl (C=O) groups is 1. The van der Waals surface area contributed by atoms with E-state index in [9.17, 15) is 18.3 Å². The standard InChI is InChI=1S/C12H24N2O5S/c1-4-19-11(15)10-6-5-7-14(8-10)20(17,18)13-9-12(2,3)16/h10,13,16H,4-9H2,1-3H3. The molecule has 0 bridgehead atoms. The van der Waals surface area contributed by atoms with E-state index in [-0.39, 0.29) is 19.1 Å². The van der Waals surface area contributed by atoms with Gasteiger partial charge in [0.05, 0.1) is 18.1 Å². The first-order valence-electron chi connectivity index (χ1n) is 6.79. The van der Waals surface area contributed by atoms with Crippen molar-refractivity contribution in [2.75, 3.05) is 26.2 Å². The molecule has 0 aromatic carbocycles. The number of rotatable bonds is 6. The van der Waals surface area contributed by atoms with Crippen LogP contribution in [0.25, 0.3) is 0 Å². The summed E-state index contributed by atoms with van der Waals surface area (Å²) in [5.74, 6) is -0.766. The van der Waals surface area contributed by atoms with Crippen LogP contribution < -0.4 is 4.72 Å². The lowest BCUT2D eigenvalue weighted by Gasteiger charge is -2.31. The molecule has 1 aliphatic rings. The molecule has 1 saturated heterocycles. The highest BCUT2D eigenvalue weighted by Crippen LogP contribution is 2.20. The fourth-order valence-corrected chi connectivity index (χ4v) is 3.44. The Morgan fingerprint density at radius 3 is 2.70 bits per heavy atom. The number of piperidine rings is 1. The van der Waals surface area contributed by atoms with Gasteiger partial charge in [-0.05, 0) is 33.6 Å². The van der Waals surface area contributed by atoms with Crippen LogP contribution >= 0.6 is 0 Å². The molecule has 8 heteroatoms. The van der Waals surface area contributed by atoms with Gasteiger partial charge in [0.25, 0.3) is 10.2 Å². The summed E-state index contributed by atoms with van der Waals surface area (Å²) in [6.45, 7) is 5.48. The molecule has 118 valence electrons. The first-order valence-corrected chi connectivity index (χ1v) is 8.23. The number of carbonyl (C=O) groups excluding carboxylic acids is 1. The summed E-state index contributed by atoms with van der Waals surface area (Å²) in [4.78, 5) is 11.7. The van der Waals surface area contributed by atoms with Gasteiger partial charge in [-0.15, -0.1) is 0 Å². The number of aliphatic hydroxyl groups is 1. The van der Waals surface area contributed by atoms with E-state index < -0.39 is 21.7 Å². The summed E-state index contributed by atoms with van der Waals surface area (Å²) < 4.78 is 32.8. The Morgan fingerprint density at radius 2 is 2.15 bits per heavy atom. The van der Waals surface area contributed by atoms with Gasteiger partial charge >= 0.3 is 5.97 Å². The van der Waals surface area contributed by atoms with Crippen LogP contribution in [0, 0.1) is 5.92 Å². The van der Waals surface area contributed by atoms with Crippen LogP contribution in [0.5, 0.6) is 0 Å². The maximum Gasteiger partial charge on any atom is 0.310 e. The molecule has 0 aliphatic carbocycles. The molecule has 7 nitrogen and oxygen atoms in total. The van der Waals surface area contributed by atoms with E-state index in [0.717, 1.165) is 0 Å². The monoisotopic (exact) mass is 308 g/mol. The first-order chi connectivity index (χ1) is 9.15. The molecule has 2 N–H and O–H groups in total. The van der Waals surface area contributed by atoms with Crippen molar-refractivity contribution in [1.29, 1.82) is 0 Å². The molecule has 1 heterocycles. The highest BCUT2D eigenvalue weighted by atomic mass is 32.2.